The van der Waals surface area contributed by atoms with Gasteiger partial charge in [-0.25, -0.2) is 9.97 Å². The number of aromatic nitrogens is 4. The lowest BCUT2D eigenvalue weighted by molar-refractivity contribution is 0.245. The fourth-order valence-electron chi connectivity index (χ4n) is 6.08. The Morgan fingerprint density at radius 1 is 0.949 bits per heavy atom. The zero-order valence-electron chi connectivity index (χ0n) is 22.9. The van der Waals surface area contributed by atoms with Crippen molar-refractivity contribution in [2.75, 3.05) is 36.4 Å². The van der Waals surface area contributed by atoms with E-state index in [0.717, 1.165) is 35.2 Å². The Bertz CT molecular complexity index is 1410. The molecule has 0 amide bonds. The van der Waals surface area contributed by atoms with Gasteiger partial charge in [-0.1, -0.05) is 30.3 Å². The van der Waals surface area contributed by atoms with Crippen LogP contribution in [0.4, 0.5) is 11.6 Å². The lowest BCUT2D eigenvalue weighted by Crippen LogP contribution is -2.42. The maximum absolute atomic E-state index is 4.83. The van der Waals surface area contributed by atoms with E-state index in [1.807, 2.05) is 24.7 Å². The molecule has 2 aromatic heterocycles. The summed E-state index contributed by atoms with van der Waals surface area (Å²) in [7, 11) is 0. The summed E-state index contributed by atoms with van der Waals surface area (Å²) in [6.07, 6.45) is 12.0. The maximum atomic E-state index is 4.83. The monoisotopic (exact) mass is 521 g/mol. The molecule has 3 heterocycles. The molecule has 3 aliphatic rings. The number of anilines is 2. The van der Waals surface area contributed by atoms with Crippen molar-refractivity contribution in [3.05, 3.63) is 72.7 Å². The van der Waals surface area contributed by atoms with Crippen molar-refractivity contribution in [3.63, 3.8) is 0 Å². The summed E-state index contributed by atoms with van der Waals surface area (Å²) in [5.41, 5.74) is 4.60. The summed E-state index contributed by atoms with van der Waals surface area (Å²) >= 11 is 0. The second-order valence-corrected chi connectivity index (χ2v) is 11.9. The number of imidazole rings is 1. The van der Waals surface area contributed by atoms with Crippen LogP contribution in [-0.4, -0.2) is 56.6 Å². The Balaban J connectivity index is 1.11. The standard InChI is InChI=1S/C32H39N7/c1-23(26-6-3-2-4-7-26)35-32-33-16-15-31(36-32)39-22-34-29-18-27(13-14-30(29)39)38(20-25-11-12-25)21-28-8-5-17-37(28)19-24-9-10-24/h2-4,6-7,13-16,18,22-25,28H,5,8-12,17,19-21H2,1H3,(H,33,35,36). The van der Waals surface area contributed by atoms with Crippen molar-refractivity contribution in [1.29, 1.82) is 0 Å². The first-order valence-corrected chi connectivity index (χ1v) is 14.8. The molecule has 7 nitrogen and oxygen atoms in total. The van der Waals surface area contributed by atoms with E-state index < -0.39 is 0 Å². The Hall–Kier alpha value is -3.45. The number of nitrogens with zero attached hydrogens (tertiary/aromatic N) is 6. The first kappa shape index (κ1) is 24.6. The van der Waals surface area contributed by atoms with Gasteiger partial charge in [-0.2, -0.15) is 4.98 Å². The molecule has 0 bridgehead atoms. The van der Waals surface area contributed by atoms with Crippen LogP contribution in [0.1, 0.15) is 57.1 Å². The lowest BCUT2D eigenvalue weighted by Gasteiger charge is -2.32. The highest BCUT2D eigenvalue weighted by Gasteiger charge is 2.33. The van der Waals surface area contributed by atoms with Gasteiger partial charge >= 0.3 is 0 Å². The zero-order chi connectivity index (χ0) is 26.2. The highest BCUT2D eigenvalue weighted by molar-refractivity contribution is 5.81. The minimum absolute atomic E-state index is 0.112. The number of rotatable bonds is 11. The van der Waals surface area contributed by atoms with Crippen LogP contribution in [0, 0.1) is 11.8 Å². The van der Waals surface area contributed by atoms with Gasteiger partial charge in [0.25, 0.3) is 0 Å². The quantitative estimate of drug-likeness (QED) is 0.258. The lowest BCUT2D eigenvalue weighted by atomic mass is 10.1. The predicted molar refractivity (Wildman–Crippen MR) is 157 cm³/mol. The molecule has 2 atom stereocenters. The minimum Gasteiger partial charge on any atom is -0.370 e. The molecule has 1 N–H and O–H groups in total. The fraction of sp³-hybridized carbons (Fsp3) is 0.469. The molecule has 1 saturated heterocycles. The van der Waals surface area contributed by atoms with E-state index in [0.29, 0.717) is 12.0 Å². The van der Waals surface area contributed by atoms with E-state index in [-0.39, 0.29) is 6.04 Å². The Morgan fingerprint density at radius 2 is 1.79 bits per heavy atom. The Labute approximate surface area is 231 Å². The molecule has 39 heavy (non-hydrogen) atoms. The van der Waals surface area contributed by atoms with Crippen LogP contribution in [0.3, 0.4) is 0 Å². The van der Waals surface area contributed by atoms with E-state index in [2.05, 4.69) is 74.1 Å². The number of hydrogen-bond acceptors (Lipinski definition) is 6. The molecule has 1 aliphatic heterocycles. The van der Waals surface area contributed by atoms with E-state index in [1.54, 1.807) is 0 Å². The van der Waals surface area contributed by atoms with E-state index in [1.165, 1.54) is 69.4 Å². The maximum Gasteiger partial charge on any atom is 0.225 e. The van der Waals surface area contributed by atoms with Gasteiger partial charge < -0.3 is 10.2 Å². The summed E-state index contributed by atoms with van der Waals surface area (Å²) in [4.78, 5) is 19.6. The van der Waals surface area contributed by atoms with Crippen molar-refractivity contribution in [1.82, 2.24) is 24.4 Å². The highest BCUT2D eigenvalue weighted by Crippen LogP contribution is 2.35. The minimum atomic E-state index is 0.112. The molecule has 7 rings (SSSR count). The van der Waals surface area contributed by atoms with E-state index in [9.17, 15) is 0 Å². The van der Waals surface area contributed by atoms with Gasteiger partial charge in [0, 0.05) is 37.6 Å². The van der Waals surface area contributed by atoms with Gasteiger partial charge in [-0.15, -0.1) is 0 Å². The molecule has 2 saturated carbocycles. The van der Waals surface area contributed by atoms with Crippen LogP contribution in [0.5, 0.6) is 0 Å². The Kier molecular flexibility index (Phi) is 6.69. The average molecular weight is 522 g/mol. The third kappa shape index (κ3) is 5.64. The summed E-state index contributed by atoms with van der Waals surface area (Å²) in [5, 5.41) is 3.44. The van der Waals surface area contributed by atoms with Gasteiger partial charge in [-0.3, -0.25) is 9.47 Å². The second kappa shape index (κ2) is 10.6. The largest absolute Gasteiger partial charge is 0.370 e. The Morgan fingerprint density at radius 3 is 2.62 bits per heavy atom. The van der Waals surface area contributed by atoms with Gasteiger partial charge in [0.05, 0.1) is 17.1 Å². The molecule has 3 fully saturated rings. The van der Waals surface area contributed by atoms with Crippen molar-refractivity contribution in [2.24, 2.45) is 11.8 Å². The van der Waals surface area contributed by atoms with Crippen molar-refractivity contribution >= 4 is 22.7 Å². The number of hydrogen-bond donors (Lipinski definition) is 1. The zero-order valence-corrected chi connectivity index (χ0v) is 22.9. The van der Waals surface area contributed by atoms with Crippen LogP contribution in [-0.2, 0) is 0 Å². The van der Waals surface area contributed by atoms with Crippen LogP contribution >= 0.6 is 0 Å². The van der Waals surface area contributed by atoms with Gasteiger partial charge in [-0.05, 0) is 93.7 Å². The van der Waals surface area contributed by atoms with E-state index >= 15 is 0 Å². The predicted octanol–water partition coefficient (Wildman–Crippen LogP) is 6.08. The first-order valence-electron chi connectivity index (χ1n) is 14.8. The molecule has 2 aromatic carbocycles. The molecule has 0 spiro atoms. The highest BCUT2D eigenvalue weighted by atomic mass is 15.2. The van der Waals surface area contributed by atoms with Crippen LogP contribution in [0.2, 0.25) is 0 Å². The van der Waals surface area contributed by atoms with Crippen LogP contribution < -0.4 is 10.2 Å². The number of benzene rings is 2. The third-order valence-corrected chi connectivity index (χ3v) is 8.72. The SMILES string of the molecule is CC(Nc1nccc(-n2cnc3cc(N(CC4CC4)CC4CCCN4CC4CC4)ccc32)n1)c1ccccc1. The summed E-state index contributed by atoms with van der Waals surface area (Å²) < 4.78 is 2.07. The smallest absolute Gasteiger partial charge is 0.225 e. The normalized spacial score (nSPS) is 20.4. The fourth-order valence-corrected chi connectivity index (χ4v) is 6.08. The molecule has 2 aliphatic carbocycles. The van der Waals surface area contributed by atoms with Crippen LogP contribution in [0.25, 0.3) is 16.9 Å². The summed E-state index contributed by atoms with van der Waals surface area (Å²) in [5.74, 6) is 3.24. The van der Waals surface area contributed by atoms with E-state index in [4.69, 9.17) is 9.97 Å². The third-order valence-electron chi connectivity index (χ3n) is 8.72. The number of nitrogens with one attached hydrogen (secondary N) is 1. The summed E-state index contributed by atoms with van der Waals surface area (Å²) in [6, 6.07) is 19.9. The number of likely N-dealkylation sites (tertiary alicyclic amines) is 1. The molecular formula is C32H39N7. The van der Waals surface area contributed by atoms with Gasteiger partial charge in [0.15, 0.2) is 0 Å². The summed E-state index contributed by atoms with van der Waals surface area (Å²) in [6.45, 7) is 7.02. The van der Waals surface area contributed by atoms with Gasteiger partial charge in [0.2, 0.25) is 5.95 Å². The molecule has 7 heteroatoms. The topological polar surface area (TPSA) is 62.1 Å². The molecule has 2 unspecified atom stereocenters. The molecule has 202 valence electrons. The second-order valence-electron chi connectivity index (χ2n) is 11.9. The molecular weight excluding hydrogens is 482 g/mol. The van der Waals surface area contributed by atoms with Crippen LogP contribution in [0.15, 0.2) is 67.1 Å². The van der Waals surface area contributed by atoms with Gasteiger partial charge in [0.1, 0.15) is 12.1 Å². The number of fused-ring (bicyclic) bond motifs is 1. The van der Waals surface area contributed by atoms with Crippen molar-refractivity contribution < 1.29 is 0 Å². The average Bonchev–Trinajstić information content (AvgIpc) is 3.88. The molecule has 4 aromatic rings. The molecule has 0 radical (unpaired) electrons. The van der Waals surface area contributed by atoms with Crippen molar-refractivity contribution in [2.45, 2.75) is 57.5 Å². The first-order chi connectivity index (χ1) is 19.2. The van der Waals surface area contributed by atoms with Crippen molar-refractivity contribution in [3.8, 4) is 5.82 Å².